The van der Waals surface area contributed by atoms with Crippen LogP contribution >= 0.6 is 0 Å². The summed E-state index contributed by atoms with van der Waals surface area (Å²) < 4.78 is 24.7. The standard InChI is InChI=1S/C47H40O4/c1-48-44-23-21-30-13-5-9-17-36(30)40(44)28-42-38-19-11-7-15-32(38)25-34(46(42)50-3)27-35-26-33-16-8-12-20-39(33)43(47(35)51-4)29-41-37-18-10-6-14-31(37)22-24-45(41)49-2/h5-26H,27-29H2,1-4H3. The molecule has 0 spiro atoms. The van der Waals surface area contributed by atoms with E-state index in [9.17, 15) is 0 Å². The number of rotatable bonds is 10. The number of hydrogen-bond donors (Lipinski definition) is 0. The summed E-state index contributed by atoms with van der Waals surface area (Å²) in [5.41, 5.74) is 6.78. The lowest BCUT2D eigenvalue weighted by Gasteiger charge is -2.22. The van der Waals surface area contributed by atoms with Crippen LogP contribution in [0.1, 0.15) is 33.4 Å². The Bertz CT molecular complexity index is 2390. The first-order valence-electron chi connectivity index (χ1n) is 17.4. The van der Waals surface area contributed by atoms with Gasteiger partial charge in [0.1, 0.15) is 23.0 Å². The highest BCUT2D eigenvalue weighted by atomic mass is 16.5. The maximum Gasteiger partial charge on any atom is 0.126 e. The van der Waals surface area contributed by atoms with Gasteiger partial charge < -0.3 is 18.9 Å². The first kappa shape index (κ1) is 32.2. The lowest BCUT2D eigenvalue weighted by molar-refractivity contribution is 0.400. The minimum atomic E-state index is 0.626. The highest BCUT2D eigenvalue weighted by Crippen LogP contribution is 2.42. The third-order valence-electron chi connectivity index (χ3n) is 10.3. The molecule has 0 saturated heterocycles. The van der Waals surface area contributed by atoms with E-state index in [0.29, 0.717) is 19.3 Å². The average molecular weight is 669 g/mol. The highest BCUT2D eigenvalue weighted by Gasteiger charge is 2.22. The zero-order valence-corrected chi connectivity index (χ0v) is 29.5. The van der Waals surface area contributed by atoms with Gasteiger partial charge in [-0.1, -0.05) is 109 Å². The maximum absolute atomic E-state index is 6.38. The van der Waals surface area contributed by atoms with Crippen molar-refractivity contribution >= 4 is 43.1 Å². The quantitative estimate of drug-likeness (QED) is 0.145. The van der Waals surface area contributed by atoms with E-state index in [0.717, 1.165) is 56.4 Å². The van der Waals surface area contributed by atoms with E-state index in [1.165, 1.54) is 43.1 Å². The second kappa shape index (κ2) is 13.7. The molecule has 8 rings (SSSR count). The van der Waals surface area contributed by atoms with Gasteiger partial charge in [0.15, 0.2) is 0 Å². The van der Waals surface area contributed by atoms with Gasteiger partial charge >= 0.3 is 0 Å². The third-order valence-corrected chi connectivity index (χ3v) is 10.3. The van der Waals surface area contributed by atoms with E-state index in [4.69, 9.17) is 18.9 Å². The molecule has 0 aliphatic heterocycles. The summed E-state index contributed by atoms with van der Waals surface area (Å²) in [5, 5.41) is 9.40. The van der Waals surface area contributed by atoms with Crippen LogP contribution in [0.4, 0.5) is 0 Å². The molecule has 0 heterocycles. The molecule has 0 bridgehead atoms. The Hall–Kier alpha value is -6.00. The fraction of sp³-hybridized carbons (Fsp3) is 0.149. The lowest BCUT2D eigenvalue weighted by atomic mass is 9.88. The molecule has 4 nitrogen and oxygen atoms in total. The first-order chi connectivity index (χ1) is 25.1. The summed E-state index contributed by atoms with van der Waals surface area (Å²) in [6, 6.07) is 47.2. The summed E-state index contributed by atoms with van der Waals surface area (Å²) in [7, 11) is 7.06. The Kier molecular flexibility index (Phi) is 8.67. The van der Waals surface area contributed by atoms with Crippen molar-refractivity contribution < 1.29 is 18.9 Å². The van der Waals surface area contributed by atoms with Gasteiger partial charge in [-0.2, -0.15) is 0 Å². The topological polar surface area (TPSA) is 36.9 Å². The van der Waals surface area contributed by atoms with Gasteiger partial charge in [-0.3, -0.25) is 0 Å². The van der Waals surface area contributed by atoms with Crippen LogP contribution in [0.3, 0.4) is 0 Å². The average Bonchev–Trinajstić information content (AvgIpc) is 3.18. The number of benzene rings is 8. The van der Waals surface area contributed by atoms with Crippen molar-refractivity contribution in [2.24, 2.45) is 0 Å². The van der Waals surface area contributed by atoms with Crippen molar-refractivity contribution in [2.45, 2.75) is 19.3 Å². The van der Waals surface area contributed by atoms with E-state index >= 15 is 0 Å². The minimum Gasteiger partial charge on any atom is -0.496 e. The van der Waals surface area contributed by atoms with Crippen molar-refractivity contribution in [3.63, 3.8) is 0 Å². The van der Waals surface area contributed by atoms with Crippen LogP contribution in [0.25, 0.3) is 43.1 Å². The van der Waals surface area contributed by atoms with Crippen LogP contribution < -0.4 is 18.9 Å². The molecule has 252 valence electrons. The monoisotopic (exact) mass is 668 g/mol. The number of ether oxygens (including phenoxy) is 4. The molecule has 4 heteroatoms. The predicted octanol–water partition coefficient (Wildman–Crippen LogP) is 11.1. The van der Waals surface area contributed by atoms with Crippen LogP contribution in [0.5, 0.6) is 23.0 Å². The summed E-state index contributed by atoms with van der Waals surface area (Å²) in [6.07, 6.45) is 1.94. The van der Waals surface area contributed by atoms with E-state index in [1.807, 2.05) is 0 Å². The van der Waals surface area contributed by atoms with E-state index in [2.05, 4.69) is 133 Å². The van der Waals surface area contributed by atoms with Gasteiger partial charge in [0, 0.05) is 41.5 Å². The maximum atomic E-state index is 6.38. The second-order valence-electron chi connectivity index (χ2n) is 13.0. The van der Waals surface area contributed by atoms with E-state index < -0.39 is 0 Å². The zero-order valence-electron chi connectivity index (χ0n) is 29.5. The lowest BCUT2D eigenvalue weighted by Crippen LogP contribution is -2.05. The Morgan fingerprint density at radius 1 is 0.333 bits per heavy atom. The normalized spacial score (nSPS) is 11.4. The second-order valence-corrected chi connectivity index (χ2v) is 13.0. The van der Waals surface area contributed by atoms with E-state index in [1.54, 1.807) is 28.4 Å². The van der Waals surface area contributed by atoms with Crippen LogP contribution in [-0.2, 0) is 19.3 Å². The molecule has 0 N–H and O–H groups in total. The summed E-state index contributed by atoms with van der Waals surface area (Å²) in [4.78, 5) is 0. The van der Waals surface area contributed by atoms with Crippen molar-refractivity contribution in [3.8, 4) is 23.0 Å². The van der Waals surface area contributed by atoms with Crippen LogP contribution in [0.15, 0.2) is 133 Å². The Balaban J connectivity index is 1.31. The van der Waals surface area contributed by atoms with Gasteiger partial charge in [0.05, 0.1) is 28.4 Å². The molecule has 0 aromatic heterocycles. The summed E-state index contributed by atoms with van der Waals surface area (Å²) >= 11 is 0. The number of fused-ring (bicyclic) bond motifs is 4. The van der Waals surface area contributed by atoms with Gasteiger partial charge in [-0.25, -0.2) is 0 Å². The van der Waals surface area contributed by atoms with Crippen molar-refractivity contribution in [3.05, 3.63) is 167 Å². The molecule has 0 radical (unpaired) electrons. The largest absolute Gasteiger partial charge is 0.496 e. The fourth-order valence-corrected chi connectivity index (χ4v) is 7.99. The molecule has 0 aliphatic rings. The summed E-state index contributed by atoms with van der Waals surface area (Å²) in [5.74, 6) is 3.51. The van der Waals surface area contributed by atoms with Gasteiger partial charge in [-0.05, 0) is 78.5 Å². The van der Waals surface area contributed by atoms with Crippen LogP contribution in [0.2, 0.25) is 0 Å². The predicted molar refractivity (Wildman–Crippen MR) is 210 cm³/mol. The molecule has 8 aromatic carbocycles. The Morgan fingerprint density at radius 3 is 1.06 bits per heavy atom. The Labute approximate surface area is 298 Å². The fourth-order valence-electron chi connectivity index (χ4n) is 7.99. The summed E-state index contributed by atoms with van der Waals surface area (Å²) in [6.45, 7) is 0. The molecule has 0 saturated carbocycles. The molecule has 0 atom stereocenters. The Morgan fingerprint density at radius 2 is 0.686 bits per heavy atom. The van der Waals surface area contributed by atoms with Crippen molar-refractivity contribution in [2.75, 3.05) is 28.4 Å². The van der Waals surface area contributed by atoms with Crippen LogP contribution in [0, 0.1) is 0 Å². The smallest absolute Gasteiger partial charge is 0.126 e. The van der Waals surface area contributed by atoms with E-state index in [-0.39, 0.29) is 0 Å². The molecule has 0 aliphatic carbocycles. The molecular formula is C47H40O4. The molecule has 0 amide bonds. The number of hydrogen-bond acceptors (Lipinski definition) is 4. The highest BCUT2D eigenvalue weighted by molar-refractivity contribution is 5.94. The molecule has 0 unspecified atom stereocenters. The van der Waals surface area contributed by atoms with Gasteiger partial charge in [0.2, 0.25) is 0 Å². The van der Waals surface area contributed by atoms with Gasteiger partial charge in [0.25, 0.3) is 0 Å². The minimum absolute atomic E-state index is 0.626. The SMILES string of the molecule is COc1ccc2ccccc2c1Cc1c(OC)c(Cc2cc3ccccc3c(Cc3c(OC)ccc4ccccc34)c2OC)cc2ccccc12. The zero-order chi connectivity index (χ0) is 34.9. The van der Waals surface area contributed by atoms with Crippen molar-refractivity contribution in [1.82, 2.24) is 0 Å². The molecular weight excluding hydrogens is 629 g/mol. The van der Waals surface area contributed by atoms with Crippen LogP contribution in [-0.4, -0.2) is 28.4 Å². The molecule has 8 aromatic rings. The first-order valence-corrected chi connectivity index (χ1v) is 17.4. The van der Waals surface area contributed by atoms with Gasteiger partial charge in [-0.15, -0.1) is 0 Å². The van der Waals surface area contributed by atoms with Crippen molar-refractivity contribution in [1.29, 1.82) is 0 Å². The molecule has 0 fully saturated rings. The molecule has 51 heavy (non-hydrogen) atoms. The number of methoxy groups -OCH3 is 4. The third kappa shape index (κ3) is 5.77.